The van der Waals surface area contributed by atoms with Gasteiger partial charge in [-0.25, -0.2) is 13.8 Å². The molecule has 3 aromatic rings. The van der Waals surface area contributed by atoms with Gasteiger partial charge >= 0.3 is 0 Å². The average Bonchev–Trinajstić information content (AvgIpc) is 2.88. The minimum atomic E-state index is -0.796. The summed E-state index contributed by atoms with van der Waals surface area (Å²) < 4.78 is 36.8. The van der Waals surface area contributed by atoms with E-state index in [1.807, 2.05) is 33.2 Å². The molecule has 9 heteroatoms. The van der Waals surface area contributed by atoms with E-state index in [1.165, 1.54) is 11.6 Å². The maximum Gasteiger partial charge on any atom is 0.170 e. The number of anilines is 2. The van der Waals surface area contributed by atoms with Crippen molar-refractivity contribution in [2.75, 3.05) is 18.1 Å². The van der Waals surface area contributed by atoms with E-state index in [0.29, 0.717) is 24.0 Å². The van der Waals surface area contributed by atoms with Crippen LogP contribution < -0.4 is 21.5 Å². The molecule has 2 heterocycles. The number of hydrogen-bond acceptors (Lipinski definition) is 7. The molecule has 2 aromatic heterocycles. The summed E-state index contributed by atoms with van der Waals surface area (Å²) in [5.41, 5.74) is 14.3. The quantitative estimate of drug-likeness (QED) is 0.274. The van der Waals surface area contributed by atoms with Gasteiger partial charge in [-0.05, 0) is 80.0 Å². The fourth-order valence-corrected chi connectivity index (χ4v) is 6.03. The van der Waals surface area contributed by atoms with Gasteiger partial charge in [-0.2, -0.15) is 0 Å². The monoisotopic (exact) mass is 551 g/mol. The maximum atomic E-state index is 15.8. The van der Waals surface area contributed by atoms with E-state index in [4.69, 9.17) is 16.2 Å². The van der Waals surface area contributed by atoms with E-state index in [2.05, 4.69) is 29.1 Å². The van der Waals surface area contributed by atoms with Crippen molar-refractivity contribution in [1.29, 1.82) is 0 Å². The molecule has 1 aromatic carbocycles. The third kappa shape index (κ3) is 6.25. The second-order valence-electron chi connectivity index (χ2n) is 11.8. The Balaban J connectivity index is 1.76. The topological polar surface area (TPSA) is 116 Å². The van der Waals surface area contributed by atoms with Gasteiger partial charge < -0.3 is 21.5 Å². The number of halogens is 2. The molecular weight excluding hydrogens is 512 g/mol. The second-order valence-corrected chi connectivity index (χ2v) is 11.8. The summed E-state index contributed by atoms with van der Waals surface area (Å²) in [5.74, 6) is -0.695. The molecule has 1 aliphatic rings. The van der Waals surface area contributed by atoms with Gasteiger partial charge in [0.2, 0.25) is 0 Å². The lowest BCUT2D eigenvalue weighted by atomic mass is 9.63. The molecule has 40 heavy (non-hydrogen) atoms. The number of rotatable bonds is 9. The summed E-state index contributed by atoms with van der Waals surface area (Å²) in [7, 11) is 1.88. The van der Waals surface area contributed by atoms with E-state index in [1.54, 1.807) is 12.3 Å². The number of nitrogens with zero attached hydrogens (tertiary/aromatic N) is 2. The highest BCUT2D eigenvalue weighted by molar-refractivity contribution is 5.82. The lowest BCUT2D eigenvalue weighted by molar-refractivity contribution is 0.112. The van der Waals surface area contributed by atoms with Crippen molar-refractivity contribution in [3.05, 3.63) is 65.1 Å². The average molecular weight is 552 g/mol. The number of ether oxygens (including phenoxy) is 1. The predicted octanol–water partition coefficient (Wildman–Crippen LogP) is 6.13. The minimum Gasteiger partial charge on any atom is -0.491 e. The van der Waals surface area contributed by atoms with Crippen molar-refractivity contribution in [2.24, 2.45) is 17.1 Å². The van der Waals surface area contributed by atoms with Gasteiger partial charge in [-0.15, -0.1) is 0 Å². The zero-order valence-corrected chi connectivity index (χ0v) is 23.8. The van der Waals surface area contributed by atoms with Crippen LogP contribution in [-0.2, 0) is 6.42 Å². The number of nitrogen functional groups attached to an aromatic ring is 1. The Bertz CT molecular complexity index is 1380. The molecule has 0 spiro atoms. The fraction of sp³-hybridized carbons (Fsp3) is 0.452. The van der Waals surface area contributed by atoms with Gasteiger partial charge in [0.05, 0.1) is 23.7 Å². The van der Waals surface area contributed by atoms with Gasteiger partial charge in [0.25, 0.3) is 0 Å². The summed E-state index contributed by atoms with van der Waals surface area (Å²) in [6, 6.07) is 6.04. The lowest BCUT2D eigenvalue weighted by Gasteiger charge is -2.43. The Kier molecular flexibility index (Phi) is 8.73. The molecule has 5 N–H and O–H groups in total. The van der Waals surface area contributed by atoms with Crippen molar-refractivity contribution in [3.63, 3.8) is 0 Å². The largest absolute Gasteiger partial charge is 0.491 e. The van der Waals surface area contributed by atoms with Gasteiger partial charge in [0, 0.05) is 37.0 Å². The van der Waals surface area contributed by atoms with Crippen LogP contribution in [0.2, 0.25) is 0 Å². The van der Waals surface area contributed by atoms with Crippen LogP contribution in [0.4, 0.5) is 20.2 Å². The zero-order chi connectivity index (χ0) is 29.2. The molecule has 0 saturated heterocycles. The molecule has 7 nitrogen and oxygen atoms in total. The van der Waals surface area contributed by atoms with Crippen molar-refractivity contribution in [2.45, 2.75) is 71.4 Å². The molecule has 0 bridgehead atoms. The van der Waals surface area contributed by atoms with Crippen LogP contribution in [0.3, 0.4) is 0 Å². The molecule has 0 radical (unpaired) electrons. The van der Waals surface area contributed by atoms with Crippen molar-refractivity contribution in [3.8, 4) is 17.0 Å². The van der Waals surface area contributed by atoms with Crippen LogP contribution in [-0.4, -0.2) is 35.4 Å². The highest BCUT2D eigenvalue weighted by Gasteiger charge is 2.39. The summed E-state index contributed by atoms with van der Waals surface area (Å²) in [4.78, 5) is 19.9. The van der Waals surface area contributed by atoms with E-state index in [9.17, 15) is 4.79 Å². The smallest absolute Gasteiger partial charge is 0.170 e. The third-order valence-electron chi connectivity index (χ3n) is 7.96. The Morgan fingerprint density at radius 1 is 1.18 bits per heavy atom. The summed E-state index contributed by atoms with van der Waals surface area (Å²) in [6.07, 6.45) is 6.86. The second kappa shape index (κ2) is 11.9. The van der Waals surface area contributed by atoms with Crippen molar-refractivity contribution < 1.29 is 18.3 Å². The number of aldehydes is 1. The molecule has 0 amide bonds. The van der Waals surface area contributed by atoms with Crippen LogP contribution in [0.15, 0.2) is 36.7 Å². The number of benzene rings is 1. The molecule has 1 aliphatic carbocycles. The Morgan fingerprint density at radius 3 is 2.60 bits per heavy atom. The van der Waals surface area contributed by atoms with Crippen LogP contribution in [0.5, 0.6) is 5.75 Å². The maximum absolute atomic E-state index is 15.8. The van der Waals surface area contributed by atoms with Gasteiger partial charge in [-0.3, -0.25) is 9.78 Å². The first-order valence-corrected chi connectivity index (χ1v) is 13.7. The third-order valence-corrected chi connectivity index (χ3v) is 7.96. The standard InChI is InChI=1S/C31H39F2N5O2/c1-17(2)40-22-10-19(29(24(32)12-22)30-25(33)13-26(35)28(16-39)38-30)14-31(3,4)20-8-18(9-21(34)11-20)23-6-7-37-15-27(23)36-5/h6-7,10,12-13,15-18,20-21,36H,8-9,11,14,34-35H2,1-5H3/t18?,20-,21+/m0/s1. The van der Waals surface area contributed by atoms with Gasteiger partial charge in [0.1, 0.15) is 23.0 Å². The number of pyridine rings is 2. The molecule has 4 rings (SSSR count). The van der Waals surface area contributed by atoms with Gasteiger partial charge in [0.15, 0.2) is 12.1 Å². The normalized spacial score (nSPS) is 19.5. The van der Waals surface area contributed by atoms with Crippen LogP contribution >= 0.6 is 0 Å². The molecule has 0 aliphatic heterocycles. The number of aromatic nitrogens is 2. The fourth-order valence-electron chi connectivity index (χ4n) is 6.03. The van der Waals surface area contributed by atoms with E-state index in [0.717, 1.165) is 31.0 Å². The Morgan fingerprint density at radius 2 is 1.93 bits per heavy atom. The first-order chi connectivity index (χ1) is 18.9. The molecular formula is C31H39F2N5O2. The zero-order valence-electron chi connectivity index (χ0n) is 23.8. The lowest BCUT2D eigenvalue weighted by Crippen LogP contribution is -2.39. The molecule has 1 fully saturated rings. The number of nitrogens with one attached hydrogen (secondary N) is 1. The highest BCUT2D eigenvalue weighted by atomic mass is 19.1. The van der Waals surface area contributed by atoms with E-state index in [-0.39, 0.29) is 52.0 Å². The molecule has 214 valence electrons. The summed E-state index contributed by atoms with van der Waals surface area (Å²) >= 11 is 0. The van der Waals surface area contributed by atoms with Crippen LogP contribution in [0, 0.1) is 23.0 Å². The highest BCUT2D eigenvalue weighted by Crippen LogP contribution is 2.48. The summed E-state index contributed by atoms with van der Waals surface area (Å²) in [5, 5.41) is 3.24. The number of hydrogen-bond donors (Lipinski definition) is 3. The Labute approximate surface area is 234 Å². The number of nitrogens with two attached hydrogens (primary N) is 2. The SMILES string of the molecule is CNc1cnccc1C1C[C@@H](N)C[C@@H](C(C)(C)Cc2cc(OC(C)C)cc(F)c2-c2nc(C=O)c(N)cc2F)C1. The van der Waals surface area contributed by atoms with E-state index < -0.39 is 11.6 Å². The van der Waals surface area contributed by atoms with Gasteiger partial charge in [-0.1, -0.05) is 13.8 Å². The minimum absolute atomic E-state index is 0.000860. The summed E-state index contributed by atoms with van der Waals surface area (Å²) in [6.45, 7) is 7.99. The van der Waals surface area contributed by atoms with Crippen molar-refractivity contribution >= 4 is 17.7 Å². The van der Waals surface area contributed by atoms with E-state index >= 15 is 8.78 Å². The van der Waals surface area contributed by atoms with Crippen LogP contribution in [0.1, 0.15) is 74.5 Å². The first kappa shape index (κ1) is 29.4. The molecule has 1 unspecified atom stereocenters. The first-order valence-electron chi connectivity index (χ1n) is 13.7. The number of carbonyl (C=O) groups is 1. The Hall–Kier alpha value is -3.59. The molecule has 1 saturated carbocycles. The molecule has 3 atom stereocenters. The van der Waals surface area contributed by atoms with Crippen LogP contribution in [0.25, 0.3) is 11.3 Å². The van der Waals surface area contributed by atoms with Crippen molar-refractivity contribution in [1.82, 2.24) is 9.97 Å². The predicted molar refractivity (Wildman–Crippen MR) is 154 cm³/mol. The number of carbonyl (C=O) groups excluding carboxylic acids is 1.